The van der Waals surface area contributed by atoms with Gasteiger partial charge < -0.3 is 14.8 Å². The van der Waals surface area contributed by atoms with E-state index >= 15 is 0 Å². The molecule has 0 atom stereocenters. The van der Waals surface area contributed by atoms with Gasteiger partial charge >= 0.3 is 0 Å². The molecule has 0 radical (unpaired) electrons. The van der Waals surface area contributed by atoms with Gasteiger partial charge in [-0.1, -0.05) is 48.5 Å². The zero-order chi connectivity index (χ0) is 19.1. The predicted octanol–water partition coefficient (Wildman–Crippen LogP) is 4.48. The molecule has 0 fully saturated rings. The van der Waals surface area contributed by atoms with Crippen LogP contribution >= 0.6 is 0 Å². The predicted molar refractivity (Wildman–Crippen MR) is 108 cm³/mol. The molecule has 0 spiro atoms. The number of rotatable bonds is 7. The lowest BCUT2D eigenvalue weighted by Crippen LogP contribution is -2.16. The Hall–Kier alpha value is -3.27. The first-order chi connectivity index (χ1) is 13.2. The van der Waals surface area contributed by atoms with Crippen LogP contribution < -0.4 is 14.8 Å². The SMILES string of the molecule is COc1ccc(OC)c(CC(=O)Nc2ccccc2Cc2ccccc2)c1. The fourth-order valence-corrected chi connectivity index (χ4v) is 3.00. The van der Waals surface area contributed by atoms with Crippen LogP contribution in [-0.2, 0) is 17.6 Å². The maximum atomic E-state index is 12.6. The van der Waals surface area contributed by atoms with E-state index in [-0.39, 0.29) is 12.3 Å². The molecule has 0 aliphatic heterocycles. The zero-order valence-electron chi connectivity index (χ0n) is 15.6. The maximum absolute atomic E-state index is 12.6. The Bertz CT molecular complexity index is 907. The molecule has 0 aliphatic rings. The van der Waals surface area contributed by atoms with E-state index in [2.05, 4.69) is 17.4 Å². The summed E-state index contributed by atoms with van der Waals surface area (Å²) < 4.78 is 10.6. The summed E-state index contributed by atoms with van der Waals surface area (Å²) in [5, 5.41) is 3.03. The van der Waals surface area contributed by atoms with Gasteiger partial charge in [0.1, 0.15) is 11.5 Å². The molecule has 4 nitrogen and oxygen atoms in total. The van der Waals surface area contributed by atoms with Crippen LogP contribution in [-0.4, -0.2) is 20.1 Å². The first-order valence-corrected chi connectivity index (χ1v) is 8.82. The number of ether oxygens (including phenoxy) is 2. The van der Waals surface area contributed by atoms with Crippen molar-refractivity contribution in [2.24, 2.45) is 0 Å². The molecule has 27 heavy (non-hydrogen) atoms. The third-order valence-corrected chi connectivity index (χ3v) is 4.37. The fourth-order valence-electron chi connectivity index (χ4n) is 3.00. The summed E-state index contributed by atoms with van der Waals surface area (Å²) in [6, 6.07) is 23.5. The van der Waals surface area contributed by atoms with Gasteiger partial charge in [0.15, 0.2) is 0 Å². The molecule has 1 amide bonds. The molecule has 0 heterocycles. The number of hydrogen-bond donors (Lipinski definition) is 1. The van der Waals surface area contributed by atoms with Crippen LogP contribution in [0, 0.1) is 0 Å². The van der Waals surface area contributed by atoms with Crippen LogP contribution in [0.4, 0.5) is 5.69 Å². The van der Waals surface area contributed by atoms with Crippen LogP contribution in [0.15, 0.2) is 72.8 Å². The summed E-state index contributed by atoms with van der Waals surface area (Å²) in [5.74, 6) is 1.27. The summed E-state index contributed by atoms with van der Waals surface area (Å²) in [4.78, 5) is 12.6. The van der Waals surface area contributed by atoms with Crippen molar-refractivity contribution in [2.75, 3.05) is 19.5 Å². The second-order valence-electron chi connectivity index (χ2n) is 6.22. The molecule has 0 aromatic heterocycles. The third-order valence-electron chi connectivity index (χ3n) is 4.37. The molecule has 0 bridgehead atoms. The largest absolute Gasteiger partial charge is 0.497 e. The molecule has 1 N–H and O–H groups in total. The zero-order valence-corrected chi connectivity index (χ0v) is 15.6. The number of amides is 1. The monoisotopic (exact) mass is 361 g/mol. The molecular formula is C23H23NO3. The van der Waals surface area contributed by atoms with Crippen LogP contribution in [0.3, 0.4) is 0 Å². The lowest BCUT2D eigenvalue weighted by atomic mass is 10.0. The number of nitrogens with one attached hydrogen (secondary N) is 1. The Morgan fingerprint density at radius 3 is 2.33 bits per heavy atom. The van der Waals surface area contributed by atoms with Gasteiger partial charge in [0.25, 0.3) is 0 Å². The Labute approximate surface area is 159 Å². The molecule has 4 heteroatoms. The lowest BCUT2D eigenvalue weighted by Gasteiger charge is -2.13. The van der Waals surface area contributed by atoms with Gasteiger partial charge in [0.2, 0.25) is 5.91 Å². The average molecular weight is 361 g/mol. The van der Waals surface area contributed by atoms with Gasteiger partial charge in [0.05, 0.1) is 20.6 Å². The number of anilines is 1. The van der Waals surface area contributed by atoms with Crippen molar-refractivity contribution >= 4 is 11.6 Å². The van der Waals surface area contributed by atoms with Crippen molar-refractivity contribution in [3.8, 4) is 11.5 Å². The topological polar surface area (TPSA) is 47.6 Å². The van der Waals surface area contributed by atoms with Crippen molar-refractivity contribution in [2.45, 2.75) is 12.8 Å². The van der Waals surface area contributed by atoms with E-state index in [1.54, 1.807) is 14.2 Å². The van der Waals surface area contributed by atoms with Crippen molar-refractivity contribution in [3.63, 3.8) is 0 Å². The standard InChI is InChI=1S/C23H23NO3/c1-26-20-12-13-22(27-2)19(15-20)16-23(25)24-21-11-7-6-10-18(21)14-17-8-4-3-5-9-17/h3-13,15H,14,16H2,1-2H3,(H,24,25). The van der Waals surface area contributed by atoms with E-state index in [0.29, 0.717) is 11.5 Å². The van der Waals surface area contributed by atoms with Crippen molar-refractivity contribution in [1.29, 1.82) is 0 Å². The number of carbonyl (C=O) groups excluding carboxylic acids is 1. The number of para-hydroxylation sites is 1. The lowest BCUT2D eigenvalue weighted by molar-refractivity contribution is -0.115. The first-order valence-electron chi connectivity index (χ1n) is 8.82. The maximum Gasteiger partial charge on any atom is 0.228 e. The minimum Gasteiger partial charge on any atom is -0.497 e. The van der Waals surface area contributed by atoms with Gasteiger partial charge in [-0.2, -0.15) is 0 Å². The summed E-state index contributed by atoms with van der Waals surface area (Å²) in [6.45, 7) is 0. The number of carbonyl (C=O) groups is 1. The van der Waals surface area contributed by atoms with Crippen LogP contribution in [0.5, 0.6) is 11.5 Å². The molecule has 0 saturated heterocycles. The summed E-state index contributed by atoms with van der Waals surface area (Å²) >= 11 is 0. The second kappa shape index (κ2) is 8.90. The van der Waals surface area contributed by atoms with Gasteiger partial charge in [0, 0.05) is 11.3 Å². The smallest absolute Gasteiger partial charge is 0.228 e. The van der Waals surface area contributed by atoms with E-state index in [1.807, 2.05) is 60.7 Å². The summed E-state index contributed by atoms with van der Waals surface area (Å²) in [6.07, 6.45) is 0.972. The molecule has 3 aromatic carbocycles. The van der Waals surface area contributed by atoms with Crippen LogP contribution in [0.2, 0.25) is 0 Å². The minimum atomic E-state index is -0.0953. The summed E-state index contributed by atoms with van der Waals surface area (Å²) in [5.41, 5.74) is 3.89. The molecule has 0 unspecified atom stereocenters. The molecule has 138 valence electrons. The Balaban J connectivity index is 1.75. The highest BCUT2D eigenvalue weighted by atomic mass is 16.5. The quantitative estimate of drug-likeness (QED) is 0.675. The number of benzene rings is 3. The van der Waals surface area contributed by atoms with E-state index in [4.69, 9.17) is 9.47 Å². The Morgan fingerprint density at radius 1 is 0.852 bits per heavy atom. The molecule has 0 aliphatic carbocycles. The number of methoxy groups -OCH3 is 2. The van der Waals surface area contributed by atoms with Crippen molar-refractivity contribution in [1.82, 2.24) is 0 Å². The Kier molecular flexibility index (Phi) is 6.10. The average Bonchev–Trinajstić information content (AvgIpc) is 2.70. The van der Waals surface area contributed by atoms with Crippen LogP contribution in [0.1, 0.15) is 16.7 Å². The highest BCUT2D eigenvalue weighted by Gasteiger charge is 2.12. The Morgan fingerprint density at radius 2 is 1.59 bits per heavy atom. The van der Waals surface area contributed by atoms with Gasteiger partial charge in [-0.05, 0) is 41.8 Å². The van der Waals surface area contributed by atoms with Crippen molar-refractivity contribution in [3.05, 3.63) is 89.5 Å². The highest BCUT2D eigenvalue weighted by Crippen LogP contribution is 2.25. The molecule has 3 aromatic rings. The van der Waals surface area contributed by atoms with Gasteiger partial charge in [-0.15, -0.1) is 0 Å². The van der Waals surface area contributed by atoms with Crippen LogP contribution in [0.25, 0.3) is 0 Å². The first kappa shape index (κ1) is 18.5. The van der Waals surface area contributed by atoms with Crippen molar-refractivity contribution < 1.29 is 14.3 Å². The third kappa shape index (κ3) is 4.88. The number of hydrogen-bond acceptors (Lipinski definition) is 3. The van der Waals surface area contributed by atoms with Gasteiger partial charge in [-0.3, -0.25) is 4.79 Å². The summed E-state index contributed by atoms with van der Waals surface area (Å²) in [7, 11) is 3.20. The fraction of sp³-hybridized carbons (Fsp3) is 0.174. The van der Waals surface area contributed by atoms with E-state index in [0.717, 1.165) is 23.2 Å². The molecule has 3 rings (SSSR count). The molecular weight excluding hydrogens is 338 g/mol. The minimum absolute atomic E-state index is 0.0953. The highest BCUT2D eigenvalue weighted by molar-refractivity contribution is 5.93. The van der Waals surface area contributed by atoms with E-state index in [1.165, 1.54) is 5.56 Å². The van der Waals surface area contributed by atoms with Gasteiger partial charge in [-0.25, -0.2) is 0 Å². The molecule has 0 saturated carbocycles. The van der Waals surface area contributed by atoms with E-state index < -0.39 is 0 Å². The van der Waals surface area contributed by atoms with E-state index in [9.17, 15) is 4.79 Å². The normalized spacial score (nSPS) is 10.3. The second-order valence-corrected chi connectivity index (χ2v) is 6.22.